The van der Waals surface area contributed by atoms with Crippen LogP contribution in [-0.4, -0.2) is 11.8 Å². The molecule has 0 aliphatic heterocycles. The van der Waals surface area contributed by atoms with Gasteiger partial charge in [-0.1, -0.05) is 42.5 Å². The average molecular weight is 336 g/mol. The van der Waals surface area contributed by atoms with E-state index in [9.17, 15) is 9.59 Å². The van der Waals surface area contributed by atoms with E-state index >= 15 is 0 Å². The Morgan fingerprint density at radius 3 is 2.08 bits per heavy atom. The van der Waals surface area contributed by atoms with Gasteiger partial charge in [-0.15, -0.1) is 0 Å². The third kappa shape index (κ3) is 3.43. The minimum absolute atomic E-state index is 0.181. The maximum atomic E-state index is 12.7. The second-order valence-corrected chi connectivity index (χ2v) is 6.91. The normalized spacial score (nSPS) is 14.7. The van der Waals surface area contributed by atoms with Crippen LogP contribution < -0.4 is 10.6 Å². The second-order valence-electron chi connectivity index (χ2n) is 6.91. The van der Waals surface area contributed by atoms with Crippen LogP contribution in [0.5, 0.6) is 0 Å². The van der Waals surface area contributed by atoms with E-state index in [0.717, 1.165) is 27.9 Å². The van der Waals surface area contributed by atoms with Gasteiger partial charge in [0.25, 0.3) is 0 Å². The molecule has 2 amide bonds. The largest absolute Gasteiger partial charge is 0.351 e. The minimum Gasteiger partial charge on any atom is -0.351 e. The van der Waals surface area contributed by atoms with Crippen molar-refractivity contribution in [3.8, 4) is 0 Å². The summed E-state index contributed by atoms with van der Waals surface area (Å²) in [5.41, 5.74) is 4.10. The van der Waals surface area contributed by atoms with Crippen LogP contribution in [0.1, 0.15) is 35.1 Å². The first kappa shape index (κ1) is 17.2. The van der Waals surface area contributed by atoms with Gasteiger partial charge in [0.05, 0.1) is 0 Å². The van der Waals surface area contributed by atoms with Crippen LogP contribution in [0.15, 0.2) is 42.5 Å². The highest BCUT2D eigenvalue weighted by atomic mass is 16.2. The summed E-state index contributed by atoms with van der Waals surface area (Å²) < 4.78 is 0. The lowest BCUT2D eigenvalue weighted by Crippen LogP contribution is -2.40. The molecule has 1 saturated carbocycles. The first-order valence-electron chi connectivity index (χ1n) is 8.64. The van der Waals surface area contributed by atoms with Gasteiger partial charge in [0.2, 0.25) is 11.8 Å². The van der Waals surface area contributed by atoms with Crippen molar-refractivity contribution in [1.82, 2.24) is 5.32 Å². The van der Waals surface area contributed by atoms with Crippen LogP contribution in [-0.2, 0) is 16.1 Å². The molecule has 0 bridgehead atoms. The van der Waals surface area contributed by atoms with Gasteiger partial charge in [-0.2, -0.15) is 0 Å². The van der Waals surface area contributed by atoms with E-state index in [-0.39, 0.29) is 11.8 Å². The highest BCUT2D eigenvalue weighted by Gasteiger charge is 2.56. The Labute approximate surface area is 148 Å². The molecule has 0 spiro atoms. The Kier molecular flexibility index (Phi) is 4.62. The molecule has 0 saturated heterocycles. The summed E-state index contributed by atoms with van der Waals surface area (Å²) in [7, 11) is 0. The van der Waals surface area contributed by atoms with Gasteiger partial charge in [0, 0.05) is 12.2 Å². The van der Waals surface area contributed by atoms with Gasteiger partial charge in [-0.05, 0) is 55.9 Å². The molecule has 0 heterocycles. The number of para-hydroxylation sites is 1. The minimum atomic E-state index is -0.919. The lowest BCUT2D eigenvalue weighted by molar-refractivity contribution is -0.134. The summed E-state index contributed by atoms with van der Waals surface area (Å²) in [6.45, 7) is 6.38. The van der Waals surface area contributed by atoms with E-state index in [1.165, 1.54) is 0 Å². The summed E-state index contributed by atoms with van der Waals surface area (Å²) in [6, 6.07) is 13.8. The number of benzene rings is 2. The van der Waals surface area contributed by atoms with Crippen LogP contribution in [0.4, 0.5) is 5.69 Å². The number of anilines is 1. The third-order valence-corrected chi connectivity index (χ3v) is 5.04. The van der Waals surface area contributed by atoms with E-state index < -0.39 is 5.41 Å². The van der Waals surface area contributed by atoms with E-state index in [4.69, 9.17) is 0 Å². The van der Waals surface area contributed by atoms with Crippen LogP contribution in [0.3, 0.4) is 0 Å². The highest BCUT2D eigenvalue weighted by Crippen LogP contribution is 2.47. The fraction of sp³-hybridized carbons (Fsp3) is 0.333. The van der Waals surface area contributed by atoms with E-state index in [1.54, 1.807) is 0 Å². The van der Waals surface area contributed by atoms with Gasteiger partial charge in [-0.3, -0.25) is 9.59 Å². The van der Waals surface area contributed by atoms with Crippen molar-refractivity contribution in [3.63, 3.8) is 0 Å². The van der Waals surface area contributed by atoms with Crippen LogP contribution in [0.2, 0.25) is 0 Å². The van der Waals surface area contributed by atoms with Crippen molar-refractivity contribution in [1.29, 1.82) is 0 Å². The molecular formula is C21H24N2O2. The Hall–Kier alpha value is -2.62. The number of nitrogens with one attached hydrogen (secondary N) is 2. The zero-order valence-electron chi connectivity index (χ0n) is 15.0. The van der Waals surface area contributed by atoms with Crippen molar-refractivity contribution in [2.45, 2.75) is 40.2 Å². The van der Waals surface area contributed by atoms with Gasteiger partial charge in [0.1, 0.15) is 5.41 Å². The SMILES string of the molecule is Cc1ccccc1CNC(=O)C1(C(=O)Nc2c(C)cccc2C)CC1. The molecule has 25 heavy (non-hydrogen) atoms. The van der Waals surface area contributed by atoms with Crippen LogP contribution in [0.25, 0.3) is 0 Å². The van der Waals surface area contributed by atoms with Crippen molar-refractivity contribution >= 4 is 17.5 Å². The first-order chi connectivity index (χ1) is 11.9. The number of hydrogen-bond donors (Lipinski definition) is 2. The molecule has 1 aliphatic carbocycles. The topological polar surface area (TPSA) is 58.2 Å². The molecule has 0 unspecified atom stereocenters. The number of aryl methyl sites for hydroxylation is 3. The van der Waals surface area contributed by atoms with Crippen molar-refractivity contribution in [2.24, 2.45) is 5.41 Å². The van der Waals surface area contributed by atoms with Crippen molar-refractivity contribution in [2.75, 3.05) is 5.32 Å². The summed E-state index contributed by atoms with van der Waals surface area (Å²) in [4.78, 5) is 25.4. The van der Waals surface area contributed by atoms with E-state index in [1.807, 2.05) is 63.2 Å². The van der Waals surface area contributed by atoms with E-state index in [0.29, 0.717) is 19.4 Å². The lowest BCUT2D eigenvalue weighted by atomic mass is 10.0. The molecule has 0 radical (unpaired) electrons. The number of carbonyl (C=O) groups is 2. The van der Waals surface area contributed by atoms with Gasteiger partial charge in [0.15, 0.2) is 0 Å². The maximum absolute atomic E-state index is 12.7. The summed E-state index contributed by atoms with van der Waals surface area (Å²) >= 11 is 0. The Bertz CT molecular complexity index is 802. The first-order valence-corrected chi connectivity index (χ1v) is 8.64. The predicted molar refractivity (Wildman–Crippen MR) is 99.2 cm³/mol. The number of carbonyl (C=O) groups excluding carboxylic acids is 2. The van der Waals surface area contributed by atoms with Crippen molar-refractivity contribution in [3.05, 3.63) is 64.7 Å². The molecule has 0 aromatic heterocycles. The predicted octanol–water partition coefficient (Wildman–Crippen LogP) is 3.65. The second kappa shape index (κ2) is 6.71. The summed E-state index contributed by atoms with van der Waals surface area (Å²) in [5.74, 6) is -0.383. The Morgan fingerprint density at radius 2 is 1.48 bits per heavy atom. The fourth-order valence-corrected chi connectivity index (χ4v) is 3.08. The molecule has 1 aliphatic rings. The number of rotatable bonds is 5. The fourth-order valence-electron chi connectivity index (χ4n) is 3.08. The molecule has 2 N–H and O–H groups in total. The smallest absolute Gasteiger partial charge is 0.240 e. The average Bonchev–Trinajstić information content (AvgIpc) is 3.39. The molecule has 2 aromatic carbocycles. The maximum Gasteiger partial charge on any atom is 0.240 e. The molecule has 130 valence electrons. The molecule has 4 nitrogen and oxygen atoms in total. The molecular weight excluding hydrogens is 312 g/mol. The monoisotopic (exact) mass is 336 g/mol. The quantitative estimate of drug-likeness (QED) is 0.819. The molecule has 1 fully saturated rings. The summed E-state index contributed by atoms with van der Waals surface area (Å²) in [6.07, 6.45) is 1.20. The Balaban J connectivity index is 1.68. The standard InChI is InChI=1S/C21H24N2O2/c1-14-7-4-5-10-17(14)13-22-19(24)21(11-12-21)20(25)23-18-15(2)8-6-9-16(18)3/h4-10H,11-13H2,1-3H3,(H,22,24)(H,23,25). The van der Waals surface area contributed by atoms with Crippen molar-refractivity contribution < 1.29 is 9.59 Å². The van der Waals surface area contributed by atoms with Gasteiger partial charge in [-0.25, -0.2) is 0 Å². The zero-order chi connectivity index (χ0) is 18.0. The third-order valence-electron chi connectivity index (χ3n) is 5.04. The zero-order valence-corrected chi connectivity index (χ0v) is 15.0. The van der Waals surface area contributed by atoms with Gasteiger partial charge < -0.3 is 10.6 Å². The van der Waals surface area contributed by atoms with E-state index in [2.05, 4.69) is 10.6 Å². The van der Waals surface area contributed by atoms with Crippen LogP contribution in [0, 0.1) is 26.2 Å². The molecule has 4 heteroatoms. The molecule has 0 atom stereocenters. The molecule has 2 aromatic rings. The lowest BCUT2D eigenvalue weighted by Gasteiger charge is -2.18. The summed E-state index contributed by atoms with van der Waals surface area (Å²) in [5, 5.41) is 5.91. The molecule has 3 rings (SSSR count). The number of amides is 2. The van der Waals surface area contributed by atoms with Gasteiger partial charge >= 0.3 is 0 Å². The van der Waals surface area contributed by atoms with Crippen LogP contribution >= 0.6 is 0 Å². The highest BCUT2D eigenvalue weighted by molar-refractivity contribution is 6.13. The number of hydrogen-bond acceptors (Lipinski definition) is 2. The Morgan fingerprint density at radius 1 is 0.880 bits per heavy atom.